The Hall–Kier alpha value is -3.88. The topological polar surface area (TPSA) is 138 Å². The lowest BCUT2D eigenvalue weighted by Gasteiger charge is -2.47. The third-order valence-electron chi connectivity index (χ3n) is 5.78. The first-order chi connectivity index (χ1) is 15.8. The third-order valence-corrected chi connectivity index (χ3v) is 6.97. The molecule has 1 N–H and O–H groups in total. The minimum Gasteiger partial charge on any atom is -0.493 e. The Balaban J connectivity index is 1.60. The molecule has 10 nitrogen and oxygen atoms in total. The Labute approximate surface area is 189 Å². The molecule has 5 rings (SSSR count). The summed E-state index contributed by atoms with van der Waals surface area (Å²) >= 11 is 0. The van der Waals surface area contributed by atoms with E-state index < -0.39 is 15.6 Å². The standard InChI is InChI=1S/C22H19N7O3S/c1-33(31,32)28-13-22(14-28,6-7-23)29-10-5-17(27-29)21-16-3-2-8-24-19(16)12-18(26-21)15-4-9-25-20(30)11-15/h2-5,8-12H,6,13-14H2,1H3,(H,25,30). The summed E-state index contributed by atoms with van der Waals surface area (Å²) in [5.74, 6) is -0.111. The number of fused-ring (bicyclic) bond motifs is 1. The molecule has 0 atom stereocenters. The predicted molar refractivity (Wildman–Crippen MR) is 120 cm³/mol. The van der Waals surface area contributed by atoms with Gasteiger partial charge in [-0.15, -0.1) is 0 Å². The van der Waals surface area contributed by atoms with Crippen LogP contribution >= 0.6 is 0 Å². The molecule has 0 bridgehead atoms. The maximum Gasteiger partial charge on any atom is 0.211 e. The summed E-state index contributed by atoms with van der Waals surface area (Å²) in [6.45, 7) is 0.374. The zero-order valence-electron chi connectivity index (χ0n) is 17.6. The lowest BCUT2D eigenvalue weighted by atomic mass is 9.89. The van der Waals surface area contributed by atoms with Crippen LogP contribution in [-0.4, -0.2) is 61.9 Å². The summed E-state index contributed by atoms with van der Waals surface area (Å²) in [5, 5.41) is 24.6. The van der Waals surface area contributed by atoms with E-state index in [1.54, 1.807) is 29.2 Å². The maximum atomic E-state index is 11.9. The van der Waals surface area contributed by atoms with E-state index in [0.717, 1.165) is 11.6 Å². The molecule has 0 aliphatic carbocycles. The van der Waals surface area contributed by atoms with E-state index in [-0.39, 0.29) is 25.4 Å². The third kappa shape index (κ3) is 3.69. The first kappa shape index (κ1) is 21.0. The summed E-state index contributed by atoms with van der Waals surface area (Å²) in [6, 6.07) is 12.8. The highest BCUT2D eigenvalue weighted by atomic mass is 32.2. The zero-order valence-corrected chi connectivity index (χ0v) is 18.4. The monoisotopic (exact) mass is 461 g/mol. The van der Waals surface area contributed by atoms with Gasteiger partial charge in [-0.2, -0.15) is 14.7 Å². The number of nitriles is 1. The van der Waals surface area contributed by atoms with Gasteiger partial charge in [0.15, 0.2) is 0 Å². The fraction of sp³-hybridized carbons (Fsp3) is 0.227. The van der Waals surface area contributed by atoms with Crippen LogP contribution in [0.4, 0.5) is 0 Å². The van der Waals surface area contributed by atoms with Crippen molar-refractivity contribution in [2.45, 2.75) is 12.0 Å². The minimum atomic E-state index is -3.34. The Morgan fingerprint density at radius 2 is 1.97 bits per heavy atom. The molecule has 0 unspecified atom stereocenters. The van der Waals surface area contributed by atoms with Crippen LogP contribution in [0.2, 0.25) is 0 Å². The van der Waals surface area contributed by atoms with E-state index >= 15 is 0 Å². The van der Waals surface area contributed by atoms with Gasteiger partial charge in [0.2, 0.25) is 15.9 Å². The summed E-state index contributed by atoms with van der Waals surface area (Å²) in [7, 11) is -3.34. The highest BCUT2D eigenvalue weighted by molar-refractivity contribution is 7.88. The van der Waals surface area contributed by atoms with Crippen molar-refractivity contribution in [1.82, 2.24) is 29.0 Å². The number of nitrogens with zero attached hydrogens (tertiary/aromatic N) is 7. The van der Waals surface area contributed by atoms with Crippen LogP contribution in [0, 0.1) is 11.3 Å². The van der Waals surface area contributed by atoms with Gasteiger partial charge in [0.1, 0.15) is 16.9 Å². The van der Waals surface area contributed by atoms with Gasteiger partial charge in [-0.3, -0.25) is 9.67 Å². The second-order valence-electron chi connectivity index (χ2n) is 8.06. The molecule has 1 fully saturated rings. The fourth-order valence-corrected chi connectivity index (χ4v) is 4.99. The van der Waals surface area contributed by atoms with Crippen LogP contribution < -0.4 is 0 Å². The number of aromatic nitrogens is 5. The summed E-state index contributed by atoms with van der Waals surface area (Å²) < 4.78 is 26.8. The molecule has 1 aliphatic rings. The van der Waals surface area contributed by atoms with Crippen LogP contribution in [0.3, 0.4) is 0 Å². The van der Waals surface area contributed by atoms with Crippen molar-refractivity contribution in [2.24, 2.45) is 0 Å². The Morgan fingerprint density at radius 3 is 2.70 bits per heavy atom. The van der Waals surface area contributed by atoms with E-state index in [0.29, 0.717) is 28.2 Å². The lowest BCUT2D eigenvalue weighted by Crippen LogP contribution is -2.63. The normalized spacial score (nSPS) is 15.8. The molecule has 166 valence electrons. The van der Waals surface area contributed by atoms with Crippen molar-refractivity contribution in [3.8, 4) is 34.6 Å². The molecule has 0 aromatic carbocycles. The molecule has 4 aromatic rings. The van der Waals surface area contributed by atoms with Crippen molar-refractivity contribution in [3.63, 3.8) is 0 Å². The van der Waals surface area contributed by atoms with Gasteiger partial charge in [0.05, 0.1) is 30.0 Å². The number of aromatic hydroxyl groups is 1. The summed E-state index contributed by atoms with van der Waals surface area (Å²) in [6.07, 6.45) is 6.23. The van der Waals surface area contributed by atoms with Gasteiger partial charge < -0.3 is 5.11 Å². The van der Waals surface area contributed by atoms with Crippen LogP contribution in [0.5, 0.6) is 5.88 Å². The van der Waals surface area contributed by atoms with Crippen molar-refractivity contribution in [3.05, 3.63) is 55.0 Å². The molecule has 11 heteroatoms. The van der Waals surface area contributed by atoms with Gasteiger partial charge in [0.25, 0.3) is 0 Å². The van der Waals surface area contributed by atoms with Crippen LogP contribution in [-0.2, 0) is 15.6 Å². The minimum absolute atomic E-state index is 0.111. The second-order valence-corrected chi connectivity index (χ2v) is 10.0. The highest BCUT2D eigenvalue weighted by Gasteiger charge is 2.49. The average Bonchev–Trinajstić information content (AvgIpc) is 3.24. The Kier molecular flexibility index (Phi) is 4.84. The largest absolute Gasteiger partial charge is 0.493 e. The first-order valence-electron chi connectivity index (χ1n) is 10.1. The lowest BCUT2D eigenvalue weighted by molar-refractivity contribution is 0.0726. The number of pyridine rings is 3. The van der Waals surface area contributed by atoms with Crippen LogP contribution in [0.15, 0.2) is 55.0 Å². The van der Waals surface area contributed by atoms with Gasteiger partial charge in [-0.25, -0.2) is 18.4 Å². The molecule has 33 heavy (non-hydrogen) atoms. The second kappa shape index (κ2) is 7.61. The zero-order chi connectivity index (χ0) is 23.2. The summed E-state index contributed by atoms with van der Waals surface area (Å²) in [5.41, 5.74) is 2.43. The van der Waals surface area contributed by atoms with Gasteiger partial charge in [0, 0.05) is 48.7 Å². The van der Waals surface area contributed by atoms with Gasteiger partial charge >= 0.3 is 0 Å². The molecule has 0 amide bonds. The SMILES string of the molecule is CS(=O)(=O)N1CC(CC#N)(n2ccc(-c3nc(-c4ccnc(O)c4)cc4ncccc34)n2)C1. The smallest absolute Gasteiger partial charge is 0.211 e. The molecule has 1 saturated heterocycles. The van der Waals surface area contributed by atoms with E-state index in [1.807, 2.05) is 18.2 Å². The molecular formula is C22H19N7O3S. The predicted octanol–water partition coefficient (Wildman–Crippen LogP) is 2.15. The quantitative estimate of drug-likeness (QED) is 0.477. The first-order valence-corrected chi connectivity index (χ1v) is 11.9. The van der Waals surface area contributed by atoms with E-state index in [4.69, 9.17) is 10.1 Å². The average molecular weight is 462 g/mol. The van der Waals surface area contributed by atoms with E-state index in [9.17, 15) is 18.8 Å². The number of sulfonamides is 1. The molecule has 4 aromatic heterocycles. The van der Waals surface area contributed by atoms with Crippen molar-refractivity contribution < 1.29 is 13.5 Å². The Morgan fingerprint density at radius 1 is 1.15 bits per heavy atom. The summed E-state index contributed by atoms with van der Waals surface area (Å²) in [4.78, 5) is 13.1. The number of hydrogen-bond donors (Lipinski definition) is 1. The van der Waals surface area contributed by atoms with Crippen LogP contribution in [0.1, 0.15) is 6.42 Å². The van der Waals surface area contributed by atoms with E-state index in [1.165, 1.54) is 16.6 Å². The molecule has 5 heterocycles. The molecular weight excluding hydrogens is 442 g/mol. The molecule has 0 saturated carbocycles. The highest BCUT2D eigenvalue weighted by Crippen LogP contribution is 2.36. The van der Waals surface area contributed by atoms with Gasteiger partial charge in [-0.05, 0) is 30.3 Å². The molecule has 0 spiro atoms. The van der Waals surface area contributed by atoms with Crippen molar-refractivity contribution in [2.75, 3.05) is 19.3 Å². The number of rotatable bonds is 5. The molecule has 0 radical (unpaired) electrons. The number of hydrogen-bond acceptors (Lipinski definition) is 8. The van der Waals surface area contributed by atoms with Crippen molar-refractivity contribution in [1.29, 1.82) is 5.26 Å². The van der Waals surface area contributed by atoms with Gasteiger partial charge in [-0.1, -0.05) is 0 Å². The van der Waals surface area contributed by atoms with Crippen LogP contribution in [0.25, 0.3) is 33.5 Å². The Bertz CT molecular complexity index is 1520. The maximum absolute atomic E-state index is 11.9. The molecule has 1 aliphatic heterocycles. The fourth-order valence-electron chi connectivity index (χ4n) is 4.04. The van der Waals surface area contributed by atoms with E-state index in [2.05, 4.69) is 16.0 Å². The van der Waals surface area contributed by atoms with Crippen molar-refractivity contribution >= 4 is 20.9 Å².